The van der Waals surface area contributed by atoms with Crippen molar-refractivity contribution < 1.29 is 4.74 Å². The zero-order chi connectivity index (χ0) is 8.65. The van der Waals surface area contributed by atoms with Crippen LogP contribution in [0.1, 0.15) is 19.3 Å². The van der Waals surface area contributed by atoms with Crippen molar-refractivity contribution in [2.24, 2.45) is 0 Å². The van der Waals surface area contributed by atoms with E-state index < -0.39 is 0 Å². The monoisotopic (exact) mass is 171 g/mol. The van der Waals surface area contributed by atoms with Gasteiger partial charge in [0.1, 0.15) is 0 Å². The van der Waals surface area contributed by atoms with Crippen molar-refractivity contribution in [3.8, 4) is 0 Å². The molecule has 0 aromatic heterocycles. The van der Waals surface area contributed by atoms with Crippen LogP contribution in [0.4, 0.5) is 0 Å². The first-order chi connectivity index (χ1) is 5.93. The van der Waals surface area contributed by atoms with Gasteiger partial charge < -0.3 is 15.4 Å². The summed E-state index contributed by atoms with van der Waals surface area (Å²) in [6, 6.07) is 0.690. The Hall–Kier alpha value is -0.120. The molecular formula is C9H19N2O-. The Bertz CT molecular complexity index is 103. The maximum Gasteiger partial charge on any atom is 0.0480 e. The van der Waals surface area contributed by atoms with Crippen molar-refractivity contribution in [3.05, 3.63) is 5.32 Å². The summed E-state index contributed by atoms with van der Waals surface area (Å²) < 4.78 is 5.27. The van der Waals surface area contributed by atoms with Gasteiger partial charge in [-0.2, -0.15) is 7.05 Å². The predicted molar refractivity (Wildman–Crippen MR) is 50.6 cm³/mol. The number of hydrogen-bond donors (Lipinski definition) is 1. The molecule has 1 fully saturated rings. The summed E-state index contributed by atoms with van der Waals surface area (Å²) in [5, 5.41) is 7.57. The molecule has 0 saturated carbocycles. The summed E-state index contributed by atoms with van der Waals surface area (Å²) in [7, 11) is 1.87. The van der Waals surface area contributed by atoms with E-state index in [1.165, 1.54) is 12.8 Å². The van der Waals surface area contributed by atoms with Crippen LogP contribution in [0.3, 0.4) is 0 Å². The molecule has 1 saturated heterocycles. The zero-order valence-corrected chi connectivity index (χ0v) is 7.88. The first kappa shape index (κ1) is 9.96. The minimum Gasteiger partial charge on any atom is -0.665 e. The van der Waals surface area contributed by atoms with E-state index in [1.807, 2.05) is 7.05 Å². The minimum absolute atomic E-state index is 0.690. The number of ether oxygens (including phenoxy) is 1. The van der Waals surface area contributed by atoms with Crippen molar-refractivity contribution in [2.75, 3.05) is 33.4 Å². The van der Waals surface area contributed by atoms with Crippen LogP contribution in [0, 0.1) is 0 Å². The lowest BCUT2D eigenvalue weighted by atomic mass is 10.1. The van der Waals surface area contributed by atoms with Crippen LogP contribution in [0.2, 0.25) is 0 Å². The van der Waals surface area contributed by atoms with Crippen LogP contribution in [0.15, 0.2) is 0 Å². The molecule has 0 aliphatic carbocycles. The normalized spacial score (nSPS) is 19.8. The largest absolute Gasteiger partial charge is 0.665 e. The summed E-state index contributed by atoms with van der Waals surface area (Å²) >= 11 is 0. The Morgan fingerprint density at radius 3 is 2.83 bits per heavy atom. The van der Waals surface area contributed by atoms with Crippen molar-refractivity contribution in [3.63, 3.8) is 0 Å². The topological polar surface area (TPSA) is 35.4 Å². The molecule has 1 heterocycles. The first-order valence-corrected chi connectivity index (χ1v) is 4.80. The summed E-state index contributed by atoms with van der Waals surface area (Å²) in [6.45, 7) is 3.93. The lowest BCUT2D eigenvalue weighted by Gasteiger charge is -2.23. The van der Waals surface area contributed by atoms with Gasteiger partial charge in [0, 0.05) is 19.3 Å². The zero-order valence-electron chi connectivity index (χ0n) is 7.88. The maximum atomic E-state index is 5.27. The highest BCUT2D eigenvalue weighted by atomic mass is 16.5. The molecule has 12 heavy (non-hydrogen) atoms. The van der Waals surface area contributed by atoms with E-state index in [-0.39, 0.29) is 0 Å². The van der Waals surface area contributed by atoms with Gasteiger partial charge in [-0.25, -0.2) is 0 Å². The van der Waals surface area contributed by atoms with Crippen molar-refractivity contribution in [2.45, 2.75) is 25.3 Å². The molecule has 3 heteroatoms. The number of rotatable bonds is 5. The molecule has 1 rings (SSSR count). The molecule has 0 aromatic rings. The van der Waals surface area contributed by atoms with Crippen molar-refractivity contribution >= 4 is 0 Å². The van der Waals surface area contributed by atoms with E-state index >= 15 is 0 Å². The van der Waals surface area contributed by atoms with Gasteiger partial charge in [0.2, 0.25) is 0 Å². The third kappa shape index (κ3) is 4.04. The number of nitrogens with zero attached hydrogens (tertiary/aromatic N) is 1. The molecule has 1 aliphatic heterocycles. The molecule has 1 N–H and O–H groups in total. The highest BCUT2D eigenvalue weighted by Gasteiger charge is 2.11. The fraction of sp³-hybridized carbons (Fsp3) is 1.00. The second-order valence-corrected chi connectivity index (χ2v) is 3.23. The van der Waals surface area contributed by atoms with E-state index in [1.54, 1.807) is 0 Å². The second kappa shape index (κ2) is 6.40. The SMILES string of the molecule is C[N-]CCCNC1CCOCC1. The second-order valence-electron chi connectivity index (χ2n) is 3.23. The van der Waals surface area contributed by atoms with Gasteiger partial charge in [-0.05, 0) is 19.4 Å². The summed E-state index contributed by atoms with van der Waals surface area (Å²) in [4.78, 5) is 0. The molecule has 0 spiro atoms. The van der Waals surface area contributed by atoms with E-state index in [2.05, 4.69) is 10.6 Å². The lowest BCUT2D eigenvalue weighted by molar-refractivity contribution is 0.0781. The Morgan fingerprint density at radius 1 is 1.42 bits per heavy atom. The van der Waals surface area contributed by atoms with Crippen molar-refractivity contribution in [1.29, 1.82) is 0 Å². The van der Waals surface area contributed by atoms with E-state index in [4.69, 9.17) is 4.74 Å². The van der Waals surface area contributed by atoms with E-state index in [0.717, 1.165) is 32.7 Å². The fourth-order valence-electron chi connectivity index (χ4n) is 1.45. The molecule has 72 valence electrons. The van der Waals surface area contributed by atoms with E-state index in [9.17, 15) is 0 Å². The van der Waals surface area contributed by atoms with Crippen LogP contribution in [-0.2, 0) is 4.74 Å². The quantitative estimate of drug-likeness (QED) is 0.630. The molecule has 3 nitrogen and oxygen atoms in total. The standard InChI is InChI=1S/C9H19N2O/c1-10-5-2-6-11-9-3-7-12-8-4-9/h9,11H,2-8H2,1H3/q-1. The van der Waals surface area contributed by atoms with E-state index in [0.29, 0.717) is 6.04 Å². The van der Waals surface area contributed by atoms with Gasteiger partial charge >= 0.3 is 0 Å². The smallest absolute Gasteiger partial charge is 0.0480 e. The average molecular weight is 171 g/mol. The predicted octanol–water partition coefficient (Wildman–Crippen LogP) is 1.15. The molecule has 0 unspecified atom stereocenters. The molecule has 0 radical (unpaired) electrons. The Balaban J connectivity index is 1.91. The van der Waals surface area contributed by atoms with Crippen LogP contribution in [-0.4, -0.2) is 39.4 Å². The maximum absolute atomic E-state index is 5.27. The highest BCUT2D eigenvalue weighted by molar-refractivity contribution is 4.73. The van der Waals surface area contributed by atoms with Gasteiger partial charge in [-0.3, -0.25) is 0 Å². The molecule has 0 amide bonds. The summed E-state index contributed by atoms with van der Waals surface area (Å²) in [6.07, 6.45) is 3.50. The Morgan fingerprint density at radius 2 is 2.17 bits per heavy atom. The van der Waals surface area contributed by atoms with Gasteiger partial charge in [0.25, 0.3) is 0 Å². The summed E-state index contributed by atoms with van der Waals surface area (Å²) in [5.41, 5.74) is 0. The third-order valence-corrected chi connectivity index (χ3v) is 2.21. The molecule has 0 atom stereocenters. The van der Waals surface area contributed by atoms with Gasteiger partial charge in [0.15, 0.2) is 0 Å². The van der Waals surface area contributed by atoms with Crippen LogP contribution >= 0.6 is 0 Å². The average Bonchev–Trinajstić information content (AvgIpc) is 2.14. The van der Waals surface area contributed by atoms with Crippen LogP contribution in [0.5, 0.6) is 0 Å². The molecule has 0 aromatic carbocycles. The Labute approximate surface area is 74.9 Å². The van der Waals surface area contributed by atoms with Gasteiger partial charge in [0.05, 0.1) is 0 Å². The molecule has 0 bridgehead atoms. The van der Waals surface area contributed by atoms with Crippen molar-refractivity contribution in [1.82, 2.24) is 5.32 Å². The molecule has 1 aliphatic rings. The van der Waals surface area contributed by atoms with Gasteiger partial charge in [-0.15, -0.1) is 6.54 Å². The van der Waals surface area contributed by atoms with Gasteiger partial charge in [-0.1, -0.05) is 6.42 Å². The lowest BCUT2D eigenvalue weighted by Crippen LogP contribution is -2.35. The highest BCUT2D eigenvalue weighted by Crippen LogP contribution is 2.05. The molecular weight excluding hydrogens is 152 g/mol. The minimum atomic E-state index is 0.690. The first-order valence-electron chi connectivity index (χ1n) is 4.80. The van der Waals surface area contributed by atoms with Crippen LogP contribution < -0.4 is 5.32 Å². The van der Waals surface area contributed by atoms with Crippen LogP contribution in [0.25, 0.3) is 5.32 Å². The fourth-order valence-corrected chi connectivity index (χ4v) is 1.45. The Kier molecular flexibility index (Phi) is 5.32. The number of hydrogen-bond acceptors (Lipinski definition) is 2. The summed E-state index contributed by atoms with van der Waals surface area (Å²) in [5.74, 6) is 0. The number of nitrogens with one attached hydrogen (secondary N) is 1. The third-order valence-electron chi connectivity index (χ3n) is 2.21.